The van der Waals surface area contributed by atoms with Gasteiger partial charge in [-0.05, 0) is 80.4 Å². The Morgan fingerprint density at radius 1 is 0.922 bits per heavy atom. The summed E-state index contributed by atoms with van der Waals surface area (Å²) in [5.74, 6) is 0.963. The van der Waals surface area contributed by atoms with E-state index < -0.39 is 11.7 Å². The summed E-state index contributed by atoms with van der Waals surface area (Å²) in [6.07, 6.45) is 5.48. The summed E-state index contributed by atoms with van der Waals surface area (Å²) in [4.78, 5) is 19.4. The van der Waals surface area contributed by atoms with Crippen molar-refractivity contribution in [2.75, 3.05) is 49.2 Å². The molecule has 0 aliphatic carbocycles. The second kappa shape index (κ2) is 15.1. The van der Waals surface area contributed by atoms with Crippen molar-refractivity contribution in [2.45, 2.75) is 51.0 Å². The number of aromatic nitrogens is 6. The number of hydrogen-bond donors (Lipinski definition) is 1. The molecule has 14 heteroatoms. The van der Waals surface area contributed by atoms with Gasteiger partial charge in [0.1, 0.15) is 17.7 Å². The largest absolute Gasteiger partial charge is 0.493 e. The van der Waals surface area contributed by atoms with Crippen LogP contribution >= 0.6 is 23.2 Å². The lowest BCUT2D eigenvalue weighted by atomic mass is 9.87. The molecule has 0 bridgehead atoms. The van der Waals surface area contributed by atoms with E-state index in [0.29, 0.717) is 42.6 Å². The number of anilines is 2. The standard InChI is InChI=1S/C37H42Cl2N8O4/c1-3-35(26(2)48)47-36(49)45(25-42-47)31-7-5-29(6-8-31)43-16-18-44(19-17-43)30-9-11-32(12-10-30)50-22-27-21-37(51-23-27,24-46-40-14-15-41-46)33-13-4-28(38)20-34(33)39/h4-15,20,25-27,35,48H,3,16-19,21-24H2,1-2H3/t26-,27+,35-,37-/m0/s1. The van der Waals surface area contributed by atoms with Crippen LogP contribution in [0.15, 0.2) is 90.2 Å². The lowest BCUT2D eigenvalue weighted by Gasteiger charge is -2.37. The zero-order valence-electron chi connectivity index (χ0n) is 28.7. The Labute approximate surface area is 306 Å². The first-order valence-electron chi connectivity index (χ1n) is 17.3. The van der Waals surface area contributed by atoms with E-state index >= 15 is 0 Å². The summed E-state index contributed by atoms with van der Waals surface area (Å²) in [7, 11) is 0. The molecule has 51 heavy (non-hydrogen) atoms. The molecular weight excluding hydrogens is 691 g/mol. The van der Waals surface area contributed by atoms with E-state index in [1.54, 1.807) is 30.2 Å². The van der Waals surface area contributed by atoms with Gasteiger partial charge in [-0.15, -0.1) is 0 Å². The first-order valence-corrected chi connectivity index (χ1v) is 18.1. The Kier molecular flexibility index (Phi) is 10.4. The van der Waals surface area contributed by atoms with Crippen LogP contribution in [0.2, 0.25) is 10.0 Å². The number of rotatable bonds is 12. The number of aliphatic hydroxyl groups is 1. The van der Waals surface area contributed by atoms with Crippen LogP contribution in [0.5, 0.6) is 5.75 Å². The van der Waals surface area contributed by atoms with Crippen LogP contribution < -0.4 is 20.2 Å². The third kappa shape index (κ3) is 7.50. The van der Waals surface area contributed by atoms with E-state index in [1.807, 2.05) is 55.5 Å². The summed E-state index contributed by atoms with van der Waals surface area (Å²) in [6.45, 7) is 8.59. The van der Waals surface area contributed by atoms with Gasteiger partial charge in [-0.2, -0.15) is 20.1 Å². The Hall–Kier alpha value is -4.36. The van der Waals surface area contributed by atoms with Crippen molar-refractivity contribution in [2.24, 2.45) is 5.92 Å². The van der Waals surface area contributed by atoms with Gasteiger partial charge in [-0.25, -0.2) is 14.0 Å². The van der Waals surface area contributed by atoms with Crippen molar-refractivity contribution in [3.63, 3.8) is 0 Å². The summed E-state index contributed by atoms with van der Waals surface area (Å²) < 4.78 is 15.6. The normalized spacial score (nSPS) is 20.5. The van der Waals surface area contributed by atoms with Gasteiger partial charge in [0.2, 0.25) is 0 Å². The number of halogens is 2. The van der Waals surface area contributed by atoms with Gasteiger partial charge in [0.05, 0.1) is 50.0 Å². The topological polar surface area (TPSA) is 116 Å². The molecule has 5 aromatic rings. The highest BCUT2D eigenvalue weighted by Gasteiger charge is 2.44. The van der Waals surface area contributed by atoms with E-state index in [2.05, 4.69) is 37.2 Å². The summed E-state index contributed by atoms with van der Waals surface area (Å²) >= 11 is 12.9. The molecule has 0 radical (unpaired) electrons. The maximum atomic E-state index is 13.0. The van der Waals surface area contributed by atoms with Gasteiger partial charge in [-0.3, -0.25) is 0 Å². The van der Waals surface area contributed by atoms with Gasteiger partial charge in [0.15, 0.2) is 0 Å². The van der Waals surface area contributed by atoms with Crippen molar-refractivity contribution in [1.82, 2.24) is 29.3 Å². The van der Waals surface area contributed by atoms with Crippen molar-refractivity contribution in [3.8, 4) is 11.4 Å². The molecule has 7 rings (SSSR count). The Balaban J connectivity index is 0.923. The van der Waals surface area contributed by atoms with Crippen LogP contribution in [0.3, 0.4) is 0 Å². The Bertz CT molecular complexity index is 1960. The zero-order chi connectivity index (χ0) is 35.5. The molecule has 4 heterocycles. The predicted molar refractivity (Wildman–Crippen MR) is 197 cm³/mol. The number of benzene rings is 3. The lowest BCUT2D eigenvalue weighted by Crippen LogP contribution is -2.46. The molecule has 2 aliphatic heterocycles. The molecule has 0 unspecified atom stereocenters. The van der Waals surface area contributed by atoms with Crippen molar-refractivity contribution in [3.05, 3.63) is 112 Å². The molecule has 0 saturated carbocycles. The third-order valence-corrected chi connectivity index (χ3v) is 10.5. The SMILES string of the molecule is CC[C@@H]([C@H](C)O)n1ncn(-c2ccc(N3CCN(c4ccc(OC[C@@H]5CO[C@@](Cn6nccn6)(c6ccc(Cl)cc6Cl)C5)cc4)CC3)cc2)c1=O. The number of ether oxygens (including phenoxy) is 2. The lowest BCUT2D eigenvalue weighted by molar-refractivity contribution is -0.0209. The molecule has 2 saturated heterocycles. The van der Waals surface area contributed by atoms with E-state index in [9.17, 15) is 9.90 Å². The quantitative estimate of drug-likeness (QED) is 0.175. The van der Waals surface area contributed by atoms with Crippen LogP contribution in [-0.4, -0.2) is 79.9 Å². The first kappa shape index (κ1) is 35.1. The Morgan fingerprint density at radius 3 is 2.16 bits per heavy atom. The van der Waals surface area contributed by atoms with E-state index in [1.165, 1.54) is 15.6 Å². The Morgan fingerprint density at radius 2 is 1.55 bits per heavy atom. The van der Waals surface area contributed by atoms with Gasteiger partial charge < -0.3 is 24.4 Å². The van der Waals surface area contributed by atoms with Crippen molar-refractivity contribution < 1.29 is 14.6 Å². The molecule has 0 spiro atoms. The fourth-order valence-electron chi connectivity index (χ4n) is 7.22. The van der Waals surface area contributed by atoms with Gasteiger partial charge in [-0.1, -0.05) is 36.2 Å². The van der Waals surface area contributed by atoms with Crippen molar-refractivity contribution in [1.29, 1.82) is 0 Å². The molecule has 2 fully saturated rings. The highest BCUT2D eigenvalue weighted by Crippen LogP contribution is 2.44. The van der Waals surface area contributed by atoms with E-state index in [0.717, 1.165) is 54.6 Å². The van der Waals surface area contributed by atoms with E-state index in [-0.39, 0.29) is 17.6 Å². The highest BCUT2D eigenvalue weighted by molar-refractivity contribution is 6.35. The molecule has 268 valence electrons. The average molecular weight is 734 g/mol. The molecule has 2 aliphatic rings. The highest BCUT2D eigenvalue weighted by atomic mass is 35.5. The smallest absolute Gasteiger partial charge is 0.350 e. The van der Waals surface area contributed by atoms with Gasteiger partial charge >= 0.3 is 5.69 Å². The minimum Gasteiger partial charge on any atom is -0.493 e. The van der Waals surface area contributed by atoms with Crippen LogP contribution in [0.4, 0.5) is 11.4 Å². The van der Waals surface area contributed by atoms with Crippen LogP contribution in [0.25, 0.3) is 5.69 Å². The van der Waals surface area contributed by atoms with Crippen LogP contribution in [-0.2, 0) is 16.9 Å². The van der Waals surface area contributed by atoms with Gasteiger partial charge in [0, 0.05) is 59.1 Å². The molecular formula is C37H42Cl2N8O4. The number of piperazine rings is 1. The minimum atomic E-state index is -0.690. The molecule has 3 aromatic carbocycles. The summed E-state index contributed by atoms with van der Waals surface area (Å²) in [6, 6.07) is 21.4. The fourth-order valence-corrected chi connectivity index (χ4v) is 7.80. The average Bonchev–Trinajstić information content (AvgIpc) is 3.90. The number of nitrogens with zero attached hydrogens (tertiary/aromatic N) is 8. The van der Waals surface area contributed by atoms with Crippen LogP contribution in [0.1, 0.15) is 38.3 Å². The maximum absolute atomic E-state index is 13.0. The summed E-state index contributed by atoms with van der Waals surface area (Å²) in [5, 5.41) is 24.1. The summed E-state index contributed by atoms with van der Waals surface area (Å²) in [5.41, 5.74) is 2.93. The molecule has 1 N–H and O–H groups in total. The molecule has 2 aromatic heterocycles. The molecule has 0 amide bonds. The van der Waals surface area contributed by atoms with E-state index in [4.69, 9.17) is 32.7 Å². The third-order valence-electron chi connectivity index (χ3n) is 9.94. The molecule has 12 nitrogen and oxygen atoms in total. The van der Waals surface area contributed by atoms with Gasteiger partial charge in [0.25, 0.3) is 0 Å². The number of aliphatic hydroxyl groups excluding tert-OH is 1. The fraction of sp³-hybridized carbons (Fsp3) is 0.405. The maximum Gasteiger partial charge on any atom is 0.350 e. The van der Waals surface area contributed by atoms with Crippen molar-refractivity contribution >= 4 is 34.6 Å². The predicted octanol–water partition coefficient (Wildman–Crippen LogP) is 5.60. The first-order chi connectivity index (χ1) is 24.7. The zero-order valence-corrected chi connectivity index (χ0v) is 30.2. The van der Waals surface area contributed by atoms with Crippen LogP contribution in [0, 0.1) is 5.92 Å². The second-order valence-electron chi connectivity index (χ2n) is 13.3. The monoisotopic (exact) mass is 732 g/mol. The minimum absolute atomic E-state index is 0.149. The number of hydrogen-bond acceptors (Lipinski definition) is 9. The molecule has 4 atom stereocenters. The second-order valence-corrected chi connectivity index (χ2v) is 14.1.